The molecule has 0 unspecified atom stereocenters. The molecule has 2 aromatic rings. The van der Waals surface area contributed by atoms with Crippen LogP contribution in [0.15, 0.2) is 42.5 Å². The van der Waals surface area contributed by atoms with Crippen molar-refractivity contribution in [2.24, 2.45) is 0 Å². The quantitative estimate of drug-likeness (QED) is 0.891. The van der Waals surface area contributed by atoms with Gasteiger partial charge < -0.3 is 5.32 Å². The van der Waals surface area contributed by atoms with E-state index in [9.17, 15) is 4.79 Å². The number of benzene rings is 2. The Morgan fingerprint density at radius 1 is 0.950 bits per heavy atom. The van der Waals surface area contributed by atoms with Gasteiger partial charge in [0.25, 0.3) is 5.91 Å². The molecule has 0 bridgehead atoms. The molecule has 2 heteroatoms. The van der Waals surface area contributed by atoms with Gasteiger partial charge in [-0.2, -0.15) is 0 Å². The average Bonchev–Trinajstić information content (AvgIpc) is 2.43. The van der Waals surface area contributed by atoms with Crippen LogP contribution in [0.3, 0.4) is 0 Å². The van der Waals surface area contributed by atoms with Gasteiger partial charge in [-0.15, -0.1) is 0 Å². The van der Waals surface area contributed by atoms with Crippen molar-refractivity contribution in [1.82, 2.24) is 5.32 Å². The summed E-state index contributed by atoms with van der Waals surface area (Å²) in [6.45, 7) is 8.08. The molecule has 2 aromatic carbocycles. The van der Waals surface area contributed by atoms with Gasteiger partial charge in [-0.25, -0.2) is 0 Å². The average molecular weight is 267 g/mol. The molecule has 1 amide bonds. The van der Waals surface area contributed by atoms with Crippen molar-refractivity contribution in [2.45, 2.75) is 33.7 Å². The molecule has 1 N–H and O–H groups in total. The zero-order chi connectivity index (χ0) is 14.7. The lowest BCUT2D eigenvalue weighted by Crippen LogP contribution is -2.27. The van der Waals surface area contributed by atoms with E-state index in [0.29, 0.717) is 0 Å². The third kappa shape index (κ3) is 3.08. The SMILES string of the molecule is Cc1cc(C)c(C(=O)N[C@H](C)c2ccccc2)cc1C. The van der Waals surface area contributed by atoms with Crippen LogP contribution in [0.2, 0.25) is 0 Å². The molecule has 0 aliphatic rings. The Hall–Kier alpha value is -2.09. The van der Waals surface area contributed by atoms with E-state index in [4.69, 9.17) is 0 Å². The largest absolute Gasteiger partial charge is 0.346 e. The van der Waals surface area contributed by atoms with Gasteiger partial charge in [0.1, 0.15) is 0 Å². The molecule has 2 rings (SSSR count). The van der Waals surface area contributed by atoms with Crippen LogP contribution in [-0.2, 0) is 0 Å². The van der Waals surface area contributed by atoms with Crippen LogP contribution < -0.4 is 5.32 Å². The van der Waals surface area contributed by atoms with Crippen molar-refractivity contribution in [3.63, 3.8) is 0 Å². The van der Waals surface area contributed by atoms with Gasteiger partial charge in [0.05, 0.1) is 6.04 Å². The standard InChI is InChI=1S/C18H21NO/c1-12-10-14(3)17(11-13(12)2)18(20)19-15(4)16-8-6-5-7-9-16/h5-11,15H,1-4H3,(H,19,20)/t15-/m1/s1. The monoisotopic (exact) mass is 267 g/mol. The molecular formula is C18H21NO. The summed E-state index contributed by atoms with van der Waals surface area (Å²) in [5.74, 6) is -0.0121. The number of carbonyl (C=O) groups excluding carboxylic acids is 1. The molecule has 20 heavy (non-hydrogen) atoms. The van der Waals surface area contributed by atoms with Crippen LogP contribution >= 0.6 is 0 Å². The lowest BCUT2D eigenvalue weighted by Gasteiger charge is -2.16. The summed E-state index contributed by atoms with van der Waals surface area (Å²) in [7, 11) is 0. The molecule has 0 fully saturated rings. The highest BCUT2D eigenvalue weighted by atomic mass is 16.1. The van der Waals surface area contributed by atoms with Gasteiger partial charge in [-0.3, -0.25) is 4.79 Å². The predicted octanol–water partition coefficient (Wildman–Crippen LogP) is 4.10. The topological polar surface area (TPSA) is 29.1 Å². The molecule has 0 saturated heterocycles. The number of rotatable bonds is 3. The summed E-state index contributed by atoms with van der Waals surface area (Å²) in [5.41, 5.74) is 5.26. The Morgan fingerprint density at radius 3 is 2.20 bits per heavy atom. The van der Waals surface area contributed by atoms with Gasteiger partial charge in [0, 0.05) is 5.56 Å². The molecule has 104 valence electrons. The van der Waals surface area contributed by atoms with Crippen LogP contribution in [0.5, 0.6) is 0 Å². The van der Waals surface area contributed by atoms with E-state index in [2.05, 4.69) is 18.3 Å². The second kappa shape index (κ2) is 5.91. The van der Waals surface area contributed by atoms with Crippen molar-refractivity contribution in [1.29, 1.82) is 0 Å². The second-order valence-corrected chi connectivity index (χ2v) is 5.36. The van der Waals surface area contributed by atoms with Crippen LogP contribution in [0.25, 0.3) is 0 Å². The highest BCUT2D eigenvalue weighted by Gasteiger charge is 2.14. The summed E-state index contributed by atoms with van der Waals surface area (Å²) in [6.07, 6.45) is 0. The zero-order valence-electron chi connectivity index (χ0n) is 12.5. The van der Waals surface area contributed by atoms with E-state index in [1.54, 1.807) is 0 Å². The zero-order valence-corrected chi connectivity index (χ0v) is 12.5. The Morgan fingerprint density at radius 2 is 1.55 bits per heavy atom. The third-order valence-electron chi connectivity index (χ3n) is 3.73. The highest BCUT2D eigenvalue weighted by molar-refractivity contribution is 5.96. The van der Waals surface area contributed by atoms with Crippen LogP contribution in [-0.4, -0.2) is 5.91 Å². The third-order valence-corrected chi connectivity index (χ3v) is 3.73. The first kappa shape index (κ1) is 14.3. The summed E-state index contributed by atoms with van der Waals surface area (Å²) in [5, 5.41) is 3.06. The van der Waals surface area contributed by atoms with E-state index >= 15 is 0 Å². The molecule has 0 aliphatic carbocycles. The van der Waals surface area contributed by atoms with E-state index in [1.165, 1.54) is 5.56 Å². The molecule has 0 saturated carbocycles. The first-order valence-corrected chi connectivity index (χ1v) is 6.92. The molecule has 2 nitrogen and oxygen atoms in total. The lowest BCUT2D eigenvalue weighted by atomic mass is 10.00. The normalized spacial score (nSPS) is 12.0. The number of aryl methyl sites for hydroxylation is 3. The molecule has 1 atom stereocenters. The minimum atomic E-state index is -0.0121. The summed E-state index contributed by atoms with van der Waals surface area (Å²) in [4.78, 5) is 12.4. The van der Waals surface area contributed by atoms with E-state index in [1.807, 2.05) is 57.2 Å². The summed E-state index contributed by atoms with van der Waals surface area (Å²) < 4.78 is 0. The fourth-order valence-electron chi connectivity index (χ4n) is 2.30. The van der Waals surface area contributed by atoms with Crippen molar-refractivity contribution in [3.05, 3.63) is 70.3 Å². The van der Waals surface area contributed by atoms with Gasteiger partial charge in [0.15, 0.2) is 0 Å². The van der Waals surface area contributed by atoms with Crippen molar-refractivity contribution in [2.75, 3.05) is 0 Å². The minimum Gasteiger partial charge on any atom is -0.346 e. The number of carbonyl (C=O) groups is 1. The highest BCUT2D eigenvalue weighted by Crippen LogP contribution is 2.17. The lowest BCUT2D eigenvalue weighted by molar-refractivity contribution is 0.0939. The molecule has 0 aromatic heterocycles. The first-order chi connectivity index (χ1) is 9.49. The molecule has 0 heterocycles. The van der Waals surface area contributed by atoms with Crippen LogP contribution in [0, 0.1) is 20.8 Å². The molecule has 0 spiro atoms. The van der Waals surface area contributed by atoms with E-state index in [0.717, 1.165) is 22.3 Å². The van der Waals surface area contributed by atoms with Crippen LogP contribution in [0.4, 0.5) is 0 Å². The van der Waals surface area contributed by atoms with Gasteiger partial charge in [-0.1, -0.05) is 36.4 Å². The van der Waals surface area contributed by atoms with Crippen molar-refractivity contribution >= 4 is 5.91 Å². The smallest absolute Gasteiger partial charge is 0.252 e. The number of amides is 1. The first-order valence-electron chi connectivity index (χ1n) is 6.92. The Bertz CT molecular complexity index is 617. The maximum Gasteiger partial charge on any atom is 0.252 e. The summed E-state index contributed by atoms with van der Waals surface area (Å²) in [6, 6.07) is 14.0. The van der Waals surface area contributed by atoms with Gasteiger partial charge in [-0.05, 0) is 56.0 Å². The molecule has 0 radical (unpaired) electrons. The predicted molar refractivity (Wildman–Crippen MR) is 83.0 cm³/mol. The maximum atomic E-state index is 12.4. The number of hydrogen-bond donors (Lipinski definition) is 1. The van der Waals surface area contributed by atoms with E-state index < -0.39 is 0 Å². The van der Waals surface area contributed by atoms with Crippen molar-refractivity contribution < 1.29 is 4.79 Å². The number of hydrogen-bond acceptors (Lipinski definition) is 1. The van der Waals surface area contributed by atoms with Crippen molar-refractivity contribution in [3.8, 4) is 0 Å². The fourth-order valence-corrected chi connectivity index (χ4v) is 2.30. The summed E-state index contributed by atoms with van der Waals surface area (Å²) >= 11 is 0. The van der Waals surface area contributed by atoms with Crippen LogP contribution in [0.1, 0.15) is 45.6 Å². The maximum absolute atomic E-state index is 12.4. The van der Waals surface area contributed by atoms with Gasteiger partial charge in [0.2, 0.25) is 0 Å². The Labute approximate surface area is 120 Å². The molecule has 0 aliphatic heterocycles. The second-order valence-electron chi connectivity index (χ2n) is 5.36. The Balaban J connectivity index is 2.19. The number of nitrogens with one attached hydrogen (secondary N) is 1. The minimum absolute atomic E-state index is 0.00436. The Kier molecular flexibility index (Phi) is 4.23. The van der Waals surface area contributed by atoms with Gasteiger partial charge >= 0.3 is 0 Å². The molecular weight excluding hydrogens is 246 g/mol. The fraction of sp³-hybridized carbons (Fsp3) is 0.278. The van der Waals surface area contributed by atoms with E-state index in [-0.39, 0.29) is 11.9 Å².